The van der Waals surface area contributed by atoms with Gasteiger partial charge in [-0.3, -0.25) is 5.10 Å². The van der Waals surface area contributed by atoms with E-state index in [1.165, 1.54) is 37.9 Å². The average molecular weight is 223 g/mol. The van der Waals surface area contributed by atoms with Crippen molar-refractivity contribution in [3.8, 4) is 0 Å². The van der Waals surface area contributed by atoms with E-state index in [1.807, 2.05) is 0 Å². The molecule has 2 unspecified atom stereocenters. The van der Waals surface area contributed by atoms with E-state index in [4.69, 9.17) is 12.2 Å². The molecule has 0 amide bonds. The van der Waals surface area contributed by atoms with Crippen molar-refractivity contribution >= 4 is 12.2 Å². The molecule has 3 nitrogen and oxygen atoms in total. The van der Waals surface area contributed by atoms with E-state index in [2.05, 4.69) is 21.7 Å². The average Bonchev–Trinajstić information content (AvgIpc) is 2.85. The summed E-state index contributed by atoms with van der Waals surface area (Å²) in [5.41, 5.74) is 0. The summed E-state index contributed by atoms with van der Waals surface area (Å²) in [6.07, 6.45) is 6.53. The second kappa shape index (κ2) is 3.44. The van der Waals surface area contributed by atoms with Gasteiger partial charge in [-0.25, -0.2) is 0 Å². The van der Waals surface area contributed by atoms with Crippen LogP contribution in [0.15, 0.2) is 0 Å². The number of aromatic nitrogens is 3. The zero-order valence-corrected chi connectivity index (χ0v) is 9.89. The van der Waals surface area contributed by atoms with Gasteiger partial charge in [-0.2, -0.15) is 5.10 Å². The van der Waals surface area contributed by atoms with Crippen LogP contribution in [0.3, 0.4) is 0 Å². The Morgan fingerprint density at radius 1 is 1.33 bits per heavy atom. The van der Waals surface area contributed by atoms with Gasteiger partial charge in [0.2, 0.25) is 0 Å². The van der Waals surface area contributed by atoms with Gasteiger partial charge >= 0.3 is 0 Å². The highest BCUT2D eigenvalue weighted by atomic mass is 32.1. The Bertz CT molecular complexity index is 416. The Kier molecular flexibility index (Phi) is 2.20. The minimum absolute atomic E-state index is 0.638. The van der Waals surface area contributed by atoms with Gasteiger partial charge in [0.25, 0.3) is 0 Å². The summed E-state index contributed by atoms with van der Waals surface area (Å²) in [5.74, 6) is 2.64. The number of aromatic amines is 1. The molecule has 15 heavy (non-hydrogen) atoms. The standard InChI is InChI=1S/C11H17N3S/c1-7-3-2-4-9(7)10-12-13-11(15)14(10)8-5-6-8/h7-9H,2-6H2,1H3,(H,13,15). The van der Waals surface area contributed by atoms with Gasteiger partial charge in [0.05, 0.1) is 0 Å². The summed E-state index contributed by atoms with van der Waals surface area (Å²) in [7, 11) is 0. The molecule has 1 aromatic rings. The summed E-state index contributed by atoms with van der Waals surface area (Å²) in [6.45, 7) is 2.34. The minimum Gasteiger partial charge on any atom is -0.301 e. The van der Waals surface area contributed by atoms with Crippen LogP contribution < -0.4 is 0 Å². The van der Waals surface area contributed by atoms with Crippen LogP contribution in [0.4, 0.5) is 0 Å². The van der Waals surface area contributed by atoms with Gasteiger partial charge in [0.15, 0.2) is 4.77 Å². The van der Waals surface area contributed by atoms with Crippen molar-refractivity contribution in [3.05, 3.63) is 10.6 Å². The van der Waals surface area contributed by atoms with Crippen LogP contribution in [0.2, 0.25) is 0 Å². The Morgan fingerprint density at radius 3 is 2.73 bits per heavy atom. The molecule has 2 aliphatic rings. The molecule has 0 bridgehead atoms. The molecule has 4 heteroatoms. The number of nitrogens with zero attached hydrogens (tertiary/aromatic N) is 2. The van der Waals surface area contributed by atoms with Gasteiger partial charge in [-0.05, 0) is 43.8 Å². The highest BCUT2D eigenvalue weighted by Crippen LogP contribution is 2.42. The zero-order valence-electron chi connectivity index (χ0n) is 9.07. The van der Waals surface area contributed by atoms with E-state index < -0.39 is 0 Å². The maximum Gasteiger partial charge on any atom is 0.195 e. The van der Waals surface area contributed by atoms with E-state index in [-0.39, 0.29) is 0 Å². The molecule has 3 rings (SSSR count). The SMILES string of the molecule is CC1CCCC1c1n[nH]c(=S)n1C1CC1. The van der Waals surface area contributed by atoms with Crippen LogP contribution in [0.5, 0.6) is 0 Å². The summed E-state index contributed by atoms with van der Waals surface area (Å²) in [6, 6.07) is 0.652. The first kappa shape index (κ1) is 9.58. The lowest BCUT2D eigenvalue weighted by Crippen LogP contribution is -2.10. The monoisotopic (exact) mass is 223 g/mol. The second-order valence-electron chi connectivity index (χ2n) is 5.00. The lowest BCUT2D eigenvalue weighted by Gasteiger charge is -2.15. The first-order valence-electron chi connectivity index (χ1n) is 5.94. The maximum atomic E-state index is 5.31. The van der Waals surface area contributed by atoms with Crippen molar-refractivity contribution in [1.29, 1.82) is 0 Å². The summed E-state index contributed by atoms with van der Waals surface area (Å²) in [5, 5.41) is 7.43. The Hall–Kier alpha value is -0.640. The molecule has 0 spiro atoms. The Balaban J connectivity index is 2.00. The Labute approximate surface area is 94.9 Å². The predicted octanol–water partition coefficient (Wildman–Crippen LogP) is 3.18. The predicted molar refractivity (Wildman–Crippen MR) is 61.4 cm³/mol. The third-order valence-corrected chi connectivity index (χ3v) is 4.12. The molecule has 0 aliphatic heterocycles. The molecular weight excluding hydrogens is 206 g/mol. The molecule has 2 saturated carbocycles. The highest BCUT2D eigenvalue weighted by Gasteiger charge is 2.34. The lowest BCUT2D eigenvalue weighted by molar-refractivity contribution is 0.483. The van der Waals surface area contributed by atoms with Gasteiger partial charge < -0.3 is 4.57 Å². The number of H-pyrrole nitrogens is 1. The molecule has 2 aliphatic carbocycles. The summed E-state index contributed by atoms with van der Waals surface area (Å²) < 4.78 is 3.11. The fourth-order valence-corrected chi connectivity index (χ4v) is 3.08. The topological polar surface area (TPSA) is 33.6 Å². The van der Waals surface area contributed by atoms with Crippen LogP contribution in [-0.2, 0) is 0 Å². The van der Waals surface area contributed by atoms with Crippen LogP contribution in [0, 0.1) is 10.7 Å². The quantitative estimate of drug-likeness (QED) is 0.781. The van der Waals surface area contributed by atoms with E-state index in [9.17, 15) is 0 Å². The van der Waals surface area contributed by atoms with Crippen molar-refractivity contribution < 1.29 is 0 Å². The molecule has 0 aromatic carbocycles. The second-order valence-corrected chi connectivity index (χ2v) is 5.39. The third-order valence-electron chi connectivity index (χ3n) is 3.84. The zero-order chi connectivity index (χ0) is 10.4. The molecule has 0 saturated heterocycles. The van der Waals surface area contributed by atoms with Crippen LogP contribution >= 0.6 is 12.2 Å². The molecule has 2 fully saturated rings. The fraction of sp³-hybridized carbons (Fsp3) is 0.818. The number of nitrogens with one attached hydrogen (secondary N) is 1. The number of hydrogen-bond donors (Lipinski definition) is 1. The minimum atomic E-state index is 0.638. The fourth-order valence-electron chi connectivity index (χ4n) is 2.79. The largest absolute Gasteiger partial charge is 0.301 e. The van der Waals surface area contributed by atoms with Crippen LogP contribution in [-0.4, -0.2) is 14.8 Å². The summed E-state index contributed by atoms with van der Waals surface area (Å²) >= 11 is 5.31. The molecule has 1 aromatic heterocycles. The highest BCUT2D eigenvalue weighted by molar-refractivity contribution is 7.71. The first-order chi connectivity index (χ1) is 7.27. The molecule has 82 valence electrons. The molecule has 1 heterocycles. The molecular formula is C11H17N3S. The van der Waals surface area contributed by atoms with Gasteiger partial charge in [-0.1, -0.05) is 13.3 Å². The van der Waals surface area contributed by atoms with E-state index in [0.717, 1.165) is 10.7 Å². The summed E-state index contributed by atoms with van der Waals surface area (Å²) in [4.78, 5) is 0. The third kappa shape index (κ3) is 1.55. The molecule has 2 atom stereocenters. The van der Waals surface area contributed by atoms with Gasteiger partial charge in [0.1, 0.15) is 5.82 Å². The first-order valence-corrected chi connectivity index (χ1v) is 6.35. The molecule has 1 N–H and O–H groups in total. The van der Waals surface area contributed by atoms with E-state index in [1.54, 1.807) is 0 Å². The number of hydrogen-bond acceptors (Lipinski definition) is 2. The lowest BCUT2D eigenvalue weighted by atomic mass is 9.97. The van der Waals surface area contributed by atoms with Crippen molar-refractivity contribution in [2.24, 2.45) is 5.92 Å². The van der Waals surface area contributed by atoms with E-state index >= 15 is 0 Å². The van der Waals surface area contributed by atoms with E-state index in [0.29, 0.717) is 12.0 Å². The van der Waals surface area contributed by atoms with Crippen molar-refractivity contribution in [1.82, 2.24) is 14.8 Å². The van der Waals surface area contributed by atoms with Crippen LogP contribution in [0.1, 0.15) is 56.8 Å². The van der Waals surface area contributed by atoms with Crippen molar-refractivity contribution in [2.75, 3.05) is 0 Å². The molecule has 0 radical (unpaired) electrons. The van der Waals surface area contributed by atoms with Crippen molar-refractivity contribution in [3.63, 3.8) is 0 Å². The smallest absolute Gasteiger partial charge is 0.195 e. The van der Waals surface area contributed by atoms with Gasteiger partial charge in [-0.15, -0.1) is 0 Å². The maximum absolute atomic E-state index is 5.31. The van der Waals surface area contributed by atoms with Gasteiger partial charge in [0, 0.05) is 12.0 Å². The van der Waals surface area contributed by atoms with Crippen LogP contribution in [0.25, 0.3) is 0 Å². The van der Waals surface area contributed by atoms with Crippen molar-refractivity contribution in [2.45, 2.75) is 51.0 Å². The normalized spacial score (nSPS) is 31.0. The number of rotatable bonds is 2. The Morgan fingerprint density at radius 2 is 2.13 bits per heavy atom.